The zero-order valence-corrected chi connectivity index (χ0v) is 11.1. The lowest BCUT2D eigenvalue weighted by Crippen LogP contribution is -2.12. The van der Waals surface area contributed by atoms with Gasteiger partial charge in [-0.3, -0.25) is 14.8 Å². The monoisotopic (exact) mass is 250 g/mol. The minimum Gasteiger partial charge on any atom is -0.296 e. The number of hydrogen-bond donors (Lipinski definition) is 1. The van der Waals surface area contributed by atoms with Gasteiger partial charge in [0.1, 0.15) is 0 Å². The lowest BCUT2D eigenvalue weighted by atomic mass is 10.3. The number of anilines is 1. The lowest BCUT2D eigenvalue weighted by molar-refractivity contribution is 0.102. The molecule has 2 aromatic heterocycles. The number of nitrogens with zero attached hydrogens (tertiary/aromatic N) is 3. The van der Waals surface area contributed by atoms with Crippen LogP contribution < -0.4 is 5.32 Å². The maximum absolute atomic E-state index is 11.9. The van der Waals surface area contributed by atoms with E-state index >= 15 is 0 Å². The van der Waals surface area contributed by atoms with E-state index in [-0.39, 0.29) is 5.91 Å². The van der Waals surface area contributed by atoms with Crippen LogP contribution in [-0.4, -0.2) is 20.7 Å². The van der Waals surface area contributed by atoms with Crippen LogP contribution in [0.1, 0.15) is 26.8 Å². The topological polar surface area (TPSA) is 59.8 Å². The SMILES string of the molecule is Cc1nc(NC(=O)c2cc(C)n(C)n2)sc1C. The molecule has 0 aliphatic rings. The van der Waals surface area contributed by atoms with Gasteiger partial charge in [-0.1, -0.05) is 0 Å². The molecule has 1 amide bonds. The Morgan fingerprint density at radius 3 is 2.59 bits per heavy atom. The van der Waals surface area contributed by atoms with E-state index in [9.17, 15) is 4.79 Å². The molecule has 0 aliphatic carbocycles. The molecule has 6 heteroatoms. The average molecular weight is 250 g/mol. The Kier molecular flexibility index (Phi) is 2.97. The first kappa shape index (κ1) is 11.8. The van der Waals surface area contributed by atoms with Crippen molar-refractivity contribution in [2.45, 2.75) is 20.8 Å². The molecule has 0 fully saturated rings. The van der Waals surface area contributed by atoms with Crippen molar-refractivity contribution in [3.8, 4) is 0 Å². The summed E-state index contributed by atoms with van der Waals surface area (Å²) in [5.41, 5.74) is 2.31. The summed E-state index contributed by atoms with van der Waals surface area (Å²) < 4.78 is 1.67. The van der Waals surface area contributed by atoms with Crippen LogP contribution in [0, 0.1) is 20.8 Å². The molecule has 0 spiro atoms. The summed E-state index contributed by atoms with van der Waals surface area (Å²) in [6.07, 6.45) is 0. The Labute approximate surface area is 103 Å². The van der Waals surface area contributed by atoms with Crippen molar-refractivity contribution in [3.63, 3.8) is 0 Å². The van der Waals surface area contributed by atoms with Crippen molar-refractivity contribution in [1.29, 1.82) is 0 Å². The quantitative estimate of drug-likeness (QED) is 0.887. The van der Waals surface area contributed by atoms with E-state index < -0.39 is 0 Å². The number of nitrogens with one attached hydrogen (secondary N) is 1. The van der Waals surface area contributed by atoms with Crippen LogP contribution in [0.4, 0.5) is 5.13 Å². The Balaban J connectivity index is 2.16. The van der Waals surface area contributed by atoms with Gasteiger partial charge in [-0.05, 0) is 26.8 Å². The third-order valence-electron chi connectivity index (χ3n) is 2.60. The highest BCUT2D eigenvalue weighted by Crippen LogP contribution is 2.21. The van der Waals surface area contributed by atoms with Crippen molar-refractivity contribution < 1.29 is 4.79 Å². The predicted molar refractivity (Wildman–Crippen MR) is 67.5 cm³/mol. The van der Waals surface area contributed by atoms with Gasteiger partial charge < -0.3 is 0 Å². The molecule has 0 saturated heterocycles. The number of carbonyl (C=O) groups excluding carboxylic acids is 1. The molecule has 0 bridgehead atoms. The molecule has 0 radical (unpaired) electrons. The van der Waals surface area contributed by atoms with Crippen molar-refractivity contribution >= 4 is 22.4 Å². The van der Waals surface area contributed by atoms with Crippen molar-refractivity contribution in [2.75, 3.05) is 5.32 Å². The first-order valence-electron chi connectivity index (χ1n) is 5.23. The van der Waals surface area contributed by atoms with Crippen molar-refractivity contribution in [1.82, 2.24) is 14.8 Å². The van der Waals surface area contributed by atoms with E-state index in [1.165, 1.54) is 11.3 Å². The second-order valence-corrected chi connectivity index (χ2v) is 5.11. The highest BCUT2D eigenvalue weighted by atomic mass is 32.1. The molecule has 0 aliphatic heterocycles. The van der Waals surface area contributed by atoms with Gasteiger partial charge in [-0.25, -0.2) is 4.98 Å². The highest BCUT2D eigenvalue weighted by molar-refractivity contribution is 7.15. The van der Waals surface area contributed by atoms with Gasteiger partial charge in [-0.2, -0.15) is 5.10 Å². The Morgan fingerprint density at radius 2 is 2.12 bits per heavy atom. The van der Waals surface area contributed by atoms with E-state index in [0.717, 1.165) is 16.3 Å². The van der Waals surface area contributed by atoms with Gasteiger partial charge in [0.05, 0.1) is 5.69 Å². The second kappa shape index (κ2) is 4.29. The maximum atomic E-state index is 11.9. The van der Waals surface area contributed by atoms with Crippen LogP contribution in [0.2, 0.25) is 0 Å². The smallest absolute Gasteiger partial charge is 0.277 e. The average Bonchev–Trinajstić information content (AvgIpc) is 2.73. The fourth-order valence-corrected chi connectivity index (χ4v) is 2.17. The minimum atomic E-state index is -0.220. The van der Waals surface area contributed by atoms with Gasteiger partial charge in [0.15, 0.2) is 10.8 Å². The first-order chi connectivity index (χ1) is 7.97. The van der Waals surface area contributed by atoms with E-state index in [0.29, 0.717) is 10.8 Å². The van der Waals surface area contributed by atoms with Crippen LogP contribution >= 0.6 is 11.3 Å². The van der Waals surface area contributed by atoms with E-state index in [2.05, 4.69) is 15.4 Å². The van der Waals surface area contributed by atoms with Crippen molar-refractivity contribution in [3.05, 3.63) is 28.0 Å². The highest BCUT2D eigenvalue weighted by Gasteiger charge is 2.13. The molecule has 90 valence electrons. The Morgan fingerprint density at radius 1 is 1.41 bits per heavy atom. The van der Waals surface area contributed by atoms with E-state index in [4.69, 9.17) is 0 Å². The van der Waals surface area contributed by atoms with E-state index in [1.54, 1.807) is 10.7 Å². The second-order valence-electron chi connectivity index (χ2n) is 3.91. The Hall–Kier alpha value is -1.69. The van der Waals surface area contributed by atoms with Crippen molar-refractivity contribution in [2.24, 2.45) is 7.05 Å². The zero-order valence-electron chi connectivity index (χ0n) is 10.2. The molecule has 0 atom stereocenters. The summed E-state index contributed by atoms with van der Waals surface area (Å²) in [6, 6.07) is 1.75. The zero-order chi connectivity index (χ0) is 12.6. The molecular weight excluding hydrogens is 236 g/mol. The number of carbonyl (C=O) groups is 1. The number of hydrogen-bond acceptors (Lipinski definition) is 4. The number of rotatable bonds is 2. The maximum Gasteiger partial charge on any atom is 0.277 e. The van der Waals surface area contributed by atoms with Gasteiger partial charge in [-0.15, -0.1) is 11.3 Å². The van der Waals surface area contributed by atoms with Crippen LogP contribution in [0.15, 0.2) is 6.07 Å². The molecule has 2 aromatic rings. The summed E-state index contributed by atoms with van der Waals surface area (Å²) in [5.74, 6) is -0.220. The molecule has 0 aromatic carbocycles. The first-order valence-corrected chi connectivity index (χ1v) is 6.05. The fraction of sp³-hybridized carbons (Fsp3) is 0.364. The van der Waals surface area contributed by atoms with Gasteiger partial charge in [0, 0.05) is 17.6 Å². The largest absolute Gasteiger partial charge is 0.296 e. The van der Waals surface area contributed by atoms with Crippen LogP contribution in [0.25, 0.3) is 0 Å². The molecule has 1 N–H and O–H groups in total. The third kappa shape index (κ3) is 2.36. The molecule has 0 unspecified atom stereocenters. The number of aromatic nitrogens is 3. The van der Waals surface area contributed by atoms with Crippen LogP contribution in [-0.2, 0) is 7.05 Å². The lowest BCUT2D eigenvalue weighted by Gasteiger charge is -1.96. The third-order valence-corrected chi connectivity index (χ3v) is 3.58. The number of thiazole rings is 1. The standard InChI is InChI=1S/C11H14N4OS/c1-6-5-9(14-15(6)4)10(16)13-11-12-7(2)8(3)17-11/h5H,1-4H3,(H,12,13,16). The molecule has 0 saturated carbocycles. The summed E-state index contributed by atoms with van der Waals surface area (Å²) in [7, 11) is 1.81. The minimum absolute atomic E-state index is 0.220. The normalized spacial score (nSPS) is 10.6. The molecule has 2 heterocycles. The summed E-state index contributed by atoms with van der Waals surface area (Å²) in [4.78, 5) is 17.2. The fourth-order valence-electron chi connectivity index (χ4n) is 1.36. The Bertz CT molecular complexity index is 531. The molecule has 2 rings (SSSR count). The predicted octanol–water partition coefficient (Wildman–Crippen LogP) is 2.05. The number of aryl methyl sites for hydroxylation is 4. The van der Waals surface area contributed by atoms with Gasteiger partial charge in [0.25, 0.3) is 5.91 Å². The summed E-state index contributed by atoms with van der Waals surface area (Å²) >= 11 is 1.47. The van der Waals surface area contributed by atoms with Gasteiger partial charge >= 0.3 is 0 Å². The summed E-state index contributed by atoms with van der Waals surface area (Å²) in [5, 5.41) is 7.49. The number of amides is 1. The van der Waals surface area contributed by atoms with Crippen LogP contribution in [0.5, 0.6) is 0 Å². The van der Waals surface area contributed by atoms with E-state index in [1.807, 2.05) is 27.8 Å². The van der Waals surface area contributed by atoms with Gasteiger partial charge in [0.2, 0.25) is 0 Å². The molecule has 5 nitrogen and oxygen atoms in total. The van der Waals surface area contributed by atoms with Crippen LogP contribution in [0.3, 0.4) is 0 Å². The molecule has 17 heavy (non-hydrogen) atoms. The summed E-state index contributed by atoms with van der Waals surface area (Å²) in [6.45, 7) is 5.81. The molecular formula is C11H14N4OS.